The molecule has 0 amide bonds. The van der Waals surface area contributed by atoms with Crippen LogP contribution in [0.4, 0.5) is 0 Å². The molecule has 0 saturated carbocycles. The molecule has 1 atom stereocenters. The normalized spacial score (nSPS) is 11.8. The fraction of sp³-hybridized carbons (Fsp3) is 0.944. The van der Waals surface area contributed by atoms with Crippen LogP contribution in [0.25, 0.3) is 0 Å². The second-order valence-corrected chi connectivity index (χ2v) is 18.5. The smallest absolute Gasteiger partial charge is 0.306 e. The molecule has 60 heavy (non-hydrogen) atoms. The zero-order chi connectivity index (χ0) is 43.7. The number of carbonyl (C=O) groups excluding carboxylic acids is 3. The minimum atomic E-state index is -0.759. The first-order chi connectivity index (χ1) is 29.5. The van der Waals surface area contributed by atoms with Gasteiger partial charge in [0.1, 0.15) is 13.2 Å². The van der Waals surface area contributed by atoms with Gasteiger partial charge in [-0.25, -0.2) is 0 Å². The van der Waals surface area contributed by atoms with Crippen LogP contribution in [0, 0.1) is 0 Å². The Balaban J connectivity index is 4.15. The van der Waals surface area contributed by atoms with Crippen LogP contribution in [0.15, 0.2) is 0 Å². The van der Waals surface area contributed by atoms with Crippen molar-refractivity contribution >= 4 is 17.9 Å². The Bertz CT molecular complexity index is 889. The van der Waals surface area contributed by atoms with Gasteiger partial charge in [0.15, 0.2) is 6.10 Å². The number of hydrogen-bond donors (Lipinski definition) is 0. The quantitative estimate of drug-likeness (QED) is 0.0345. The molecule has 0 heterocycles. The van der Waals surface area contributed by atoms with Crippen LogP contribution in [0.5, 0.6) is 0 Å². The average molecular weight is 849 g/mol. The Morgan fingerprint density at radius 2 is 0.450 bits per heavy atom. The summed E-state index contributed by atoms with van der Waals surface area (Å²) in [6.45, 7) is 6.65. The van der Waals surface area contributed by atoms with Gasteiger partial charge in [-0.1, -0.05) is 271 Å². The summed E-state index contributed by atoms with van der Waals surface area (Å²) in [7, 11) is 0. The number of unbranched alkanes of at least 4 members (excludes halogenated alkanes) is 39. The van der Waals surface area contributed by atoms with Crippen LogP contribution >= 0.6 is 0 Å². The molecule has 0 aliphatic heterocycles. The lowest BCUT2D eigenvalue weighted by atomic mass is 10.0. The van der Waals surface area contributed by atoms with Crippen molar-refractivity contribution in [3.8, 4) is 0 Å². The zero-order valence-corrected chi connectivity index (χ0v) is 40.8. The van der Waals surface area contributed by atoms with Crippen molar-refractivity contribution < 1.29 is 28.6 Å². The second-order valence-electron chi connectivity index (χ2n) is 18.5. The first-order valence-corrected chi connectivity index (χ1v) is 27.0. The summed E-state index contributed by atoms with van der Waals surface area (Å²) < 4.78 is 16.8. The molecule has 0 spiro atoms. The molecule has 0 aromatic rings. The highest BCUT2D eigenvalue weighted by atomic mass is 16.6. The van der Waals surface area contributed by atoms with Gasteiger partial charge in [-0.05, 0) is 19.3 Å². The fourth-order valence-electron chi connectivity index (χ4n) is 8.27. The van der Waals surface area contributed by atoms with Crippen LogP contribution < -0.4 is 0 Å². The summed E-state index contributed by atoms with van der Waals surface area (Å²) in [5, 5.41) is 0. The van der Waals surface area contributed by atoms with E-state index in [0.29, 0.717) is 19.3 Å². The fourth-order valence-corrected chi connectivity index (χ4v) is 8.27. The molecule has 6 heteroatoms. The molecule has 0 aliphatic carbocycles. The summed E-state index contributed by atoms with van der Waals surface area (Å²) >= 11 is 0. The van der Waals surface area contributed by atoms with Gasteiger partial charge in [0.05, 0.1) is 0 Å². The lowest BCUT2D eigenvalue weighted by Gasteiger charge is -2.18. The molecule has 0 bridgehead atoms. The summed E-state index contributed by atoms with van der Waals surface area (Å²) in [6, 6.07) is 0. The van der Waals surface area contributed by atoms with Gasteiger partial charge >= 0.3 is 17.9 Å². The number of esters is 3. The van der Waals surface area contributed by atoms with Gasteiger partial charge in [-0.3, -0.25) is 14.4 Å². The van der Waals surface area contributed by atoms with Crippen molar-refractivity contribution in [3.05, 3.63) is 0 Å². The molecule has 0 fully saturated rings. The minimum absolute atomic E-state index is 0.0621. The number of ether oxygens (including phenoxy) is 3. The van der Waals surface area contributed by atoms with Crippen molar-refractivity contribution in [1.82, 2.24) is 0 Å². The Kier molecular flexibility index (Phi) is 48.7. The first-order valence-electron chi connectivity index (χ1n) is 27.0. The van der Waals surface area contributed by atoms with Crippen LogP contribution in [-0.4, -0.2) is 37.2 Å². The Hall–Kier alpha value is -1.59. The highest BCUT2D eigenvalue weighted by Crippen LogP contribution is 2.17. The average Bonchev–Trinajstić information content (AvgIpc) is 3.24. The molecular weight excluding hydrogens is 745 g/mol. The van der Waals surface area contributed by atoms with E-state index in [4.69, 9.17) is 14.2 Å². The molecule has 6 nitrogen and oxygen atoms in total. The third-order valence-electron chi connectivity index (χ3n) is 12.4. The van der Waals surface area contributed by atoms with Gasteiger partial charge in [-0.2, -0.15) is 0 Å². The monoisotopic (exact) mass is 849 g/mol. The van der Waals surface area contributed by atoms with E-state index in [1.807, 2.05) is 0 Å². The van der Waals surface area contributed by atoms with Gasteiger partial charge in [0.2, 0.25) is 0 Å². The van der Waals surface area contributed by atoms with E-state index >= 15 is 0 Å². The first kappa shape index (κ1) is 58.4. The third kappa shape index (κ3) is 47.5. The van der Waals surface area contributed by atoms with E-state index in [-0.39, 0.29) is 31.1 Å². The van der Waals surface area contributed by atoms with E-state index < -0.39 is 6.10 Å². The molecule has 0 aromatic heterocycles. The molecular formula is C54H104O6. The van der Waals surface area contributed by atoms with Crippen LogP contribution in [0.2, 0.25) is 0 Å². The lowest BCUT2D eigenvalue weighted by molar-refractivity contribution is -0.167. The van der Waals surface area contributed by atoms with Crippen molar-refractivity contribution in [2.24, 2.45) is 0 Å². The van der Waals surface area contributed by atoms with Crippen LogP contribution in [-0.2, 0) is 28.6 Å². The molecule has 0 rings (SSSR count). The van der Waals surface area contributed by atoms with E-state index in [2.05, 4.69) is 20.8 Å². The summed E-state index contributed by atoms with van der Waals surface area (Å²) in [5.41, 5.74) is 0. The van der Waals surface area contributed by atoms with Gasteiger partial charge < -0.3 is 14.2 Å². The largest absolute Gasteiger partial charge is 0.462 e. The van der Waals surface area contributed by atoms with Gasteiger partial charge in [-0.15, -0.1) is 0 Å². The summed E-state index contributed by atoms with van der Waals surface area (Å²) in [5.74, 6) is -0.846. The predicted molar refractivity (Wildman–Crippen MR) is 257 cm³/mol. The van der Waals surface area contributed by atoms with Crippen molar-refractivity contribution in [3.63, 3.8) is 0 Å². The molecule has 356 valence electrons. The second kappa shape index (κ2) is 50.1. The van der Waals surface area contributed by atoms with Crippen molar-refractivity contribution in [1.29, 1.82) is 0 Å². The SMILES string of the molecule is CCCCCCCCCCCCCCCCCCCCCC(=O)OC[C@H](COC(=O)CCCCCCCCC)OC(=O)CCCCCCCCCCCCCCCCCC. The number of rotatable bonds is 50. The maximum Gasteiger partial charge on any atom is 0.306 e. The van der Waals surface area contributed by atoms with E-state index in [1.165, 1.54) is 212 Å². The highest BCUT2D eigenvalue weighted by Gasteiger charge is 2.19. The maximum absolute atomic E-state index is 12.8. The van der Waals surface area contributed by atoms with Gasteiger partial charge in [0, 0.05) is 19.3 Å². The maximum atomic E-state index is 12.8. The molecule has 0 aromatic carbocycles. The van der Waals surface area contributed by atoms with Crippen LogP contribution in [0.3, 0.4) is 0 Å². The van der Waals surface area contributed by atoms with E-state index in [9.17, 15) is 14.4 Å². The Morgan fingerprint density at radius 3 is 0.667 bits per heavy atom. The molecule has 0 saturated heterocycles. The van der Waals surface area contributed by atoms with Crippen LogP contribution in [0.1, 0.15) is 310 Å². The summed E-state index contributed by atoms with van der Waals surface area (Å²) in [6.07, 6.45) is 53.9. The third-order valence-corrected chi connectivity index (χ3v) is 12.4. The van der Waals surface area contributed by atoms with E-state index in [1.54, 1.807) is 0 Å². The molecule has 0 N–H and O–H groups in total. The van der Waals surface area contributed by atoms with Gasteiger partial charge in [0.25, 0.3) is 0 Å². The number of hydrogen-bond acceptors (Lipinski definition) is 6. The Morgan fingerprint density at radius 1 is 0.267 bits per heavy atom. The minimum Gasteiger partial charge on any atom is -0.462 e. The van der Waals surface area contributed by atoms with Crippen molar-refractivity contribution in [2.45, 2.75) is 316 Å². The predicted octanol–water partition coefficient (Wildman–Crippen LogP) is 17.6. The number of carbonyl (C=O) groups is 3. The molecule has 0 aliphatic rings. The Labute approximate surface area is 374 Å². The highest BCUT2D eigenvalue weighted by molar-refractivity contribution is 5.71. The lowest BCUT2D eigenvalue weighted by Crippen LogP contribution is -2.30. The zero-order valence-electron chi connectivity index (χ0n) is 40.8. The standard InChI is InChI=1S/C54H104O6/c1-4-7-10-13-16-18-20-22-24-26-27-28-30-31-33-35-38-41-44-47-53(56)59-50-51(49-58-52(55)46-43-40-37-15-12-9-6-3)60-54(57)48-45-42-39-36-34-32-29-25-23-21-19-17-14-11-8-5-2/h51H,4-50H2,1-3H3/t51-/m0/s1. The topological polar surface area (TPSA) is 78.9 Å². The van der Waals surface area contributed by atoms with Crippen molar-refractivity contribution in [2.75, 3.05) is 13.2 Å². The molecule has 0 radical (unpaired) electrons. The summed E-state index contributed by atoms with van der Waals surface area (Å²) in [4.78, 5) is 37.8. The van der Waals surface area contributed by atoms with E-state index in [0.717, 1.165) is 57.8 Å². The molecule has 0 unspecified atom stereocenters.